The highest BCUT2D eigenvalue weighted by atomic mass is 32.2. The molecule has 2 rings (SSSR count). The third-order valence-corrected chi connectivity index (χ3v) is 4.12. The van der Waals surface area contributed by atoms with E-state index in [0.717, 1.165) is 11.3 Å². The van der Waals surface area contributed by atoms with Crippen LogP contribution in [-0.4, -0.2) is 0 Å². The van der Waals surface area contributed by atoms with Crippen molar-refractivity contribution < 1.29 is 0 Å². The largest absolute Gasteiger partial charge is 0.192 e. The molecule has 0 N–H and O–H groups in total. The van der Waals surface area contributed by atoms with Crippen LogP contribution in [0.2, 0.25) is 0 Å². The van der Waals surface area contributed by atoms with E-state index in [0.29, 0.717) is 5.25 Å². The van der Waals surface area contributed by atoms with Gasteiger partial charge < -0.3 is 0 Å². The normalized spacial score (nSPS) is 21.1. The highest BCUT2D eigenvalue weighted by molar-refractivity contribution is 8.02. The van der Waals surface area contributed by atoms with Gasteiger partial charge in [0.15, 0.2) is 0 Å². The van der Waals surface area contributed by atoms with Crippen LogP contribution < -0.4 is 0 Å². The zero-order chi connectivity index (χ0) is 8.39. The molecule has 1 aromatic heterocycles. The van der Waals surface area contributed by atoms with Crippen molar-refractivity contribution in [1.82, 2.24) is 0 Å². The molecule has 0 saturated carbocycles. The zero-order valence-corrected chi connectivity index (χ0v) is 7.99. The summed E-state index contributed by atoms with van der Waals surface area (Å²) in [7, 11) is 0. The Balaban J connectivity index is 2.19. The second kappa shape index (κ2) is 3.34. The van der Waals surface area contributed by atoms with E-state index >= 15 is 0 Å². The van der Waals surface area contributed by atoms with Gasteiger partial charge in [0.05, 0.1) is 0 Å². The van der Waals surface area contributed by atoms with Crippen molar-refractivity contribution in [2.45, 2.75) is 11.7 Å². The summed E-state index contributed by atoms with van der Waals surface area (Å²) in [6.45, 7) is 0. The summed E-state index contributed by atoms with van der Waals surface area (Å²) < 4.78 is 0. The van der Waals surface area contributed by atoms with Crippen LogP contribution in [0.25, 0.3) is 0 Å². The Bertz CT molecular complexity index is 338. The Morgan fingerprint density at radius 2 is 2.42 bits per heavy atom. The molecule has 0 fully saturated rings. The Labute approximate surface area is 79.7 Å². The molecule has 0 amide bonds. The van der Waals surface area contributed by atoms with E-state index in [1.54, 1.807) is 11.3 Å². The zero-order valence-electron chi connectivity index (χ0n) is 6.36. The monoisotopic (exact) mass is 193 g/mol. The topological polar surface area (TPSA) is 23.8 Å². The van der Waals surface area contributed by atoms with Crippen LogP contribution in [0.3, 0.4) is 0 Å². The first-order valence-corrected chi connectivity index (χ1v) is 5.46. The average Bonchev–Trinajstić information content (AvgIpc) is 2.75. The summed E-state index contributed by atoms with van der Waals surface area (Å²) in [6.07, 6.45) is 3.29. The van der Waals surface area contributed by atoms with Crippen LogP contribution in [-0.2, 0) is 0 Å². The predicted molar refractivity (Wildman–Crippen MR) is 53.1 cm³/mol. The molecule has 0 bridgehead atoms. The molecule has 3 heteroatoms. The van der Waals surface area contributed by atoms with Gasteiger partial charge in [-0.25, -0.2) is 0 Å². The molecule has 0 radical (unpaired) electrons. The summed E-state index contributed by atoms with van der Waals surface area (Å²) in [6, 6.07) is 6.12. The minimum Gasteiger partial charge on any atom is -0.192 e. The van der Waals surface area contributed by atoms with Crippen molar-refractivity contribution in [1.29, 1.82) is 5.26 Å². The third-order valence-electron chi connectivity index (χ3n) is 1.74. The molecular weight excluding hydrogens is 186 g/mol. The van der Waals surface area contributed by atoms with E-state index in [9.17, 15) is 0 Å². The second-order valence-corrected chi connectivity index (χ2v) is 4.77. The molecule has 1 aliphatic heterocycles. The van der Waals surface area contributed by atoms with Gasteiger partial charge in [0, 0.05) is 10.1 Å². The number of nitrogens with zero attached hydrogens (tertiary/aromatic N) is 1. The first kappa shape index (κ1) is 7.90. The SMILES string of the molecule is N#Cc1ccc(C2CC=CS2)s1. The number of nitriles is 1. The van der Waals surface area contributed by atoms with Crippen LogP contribution in [0, 0.1) is 11.3 Å². The van der Waals surface area contributed by atoms with E-state index in [1.165, 1.54) is 4.88 Å². The maximum absolute atomic E-state index is 8.63. The lowest BCUT2D eigenvalue weighted by Crippen LogP contribution is -1.81. The van der Waals surface area contributed by atoms with Gasteiger partial charge in [-0.1, -0.05) is 6.08 Å². The van der Waals surface area contributed by atoms with Gasteiger partial charge in [-0.15, -0.1) is 23.1 Å². The van der Waals surface area contributed by atoms with Crippen LogP contribution in [0.4, 0.5) is 0 Å². The van der Waals surface area contributed by atoms with Crippen molar-refractivity contribution in [2.75, 3.05) is 0 Å². The fraction of sp³-hybridized carbons (Fsp3) is 0.222. The smallest absolute Gasteiger partial charge is 0.110 e. The Morgan fingerprint density at radius 1 is 1.50 bits per heavy atom. The second-order valence-electron chi connectivity index (χ2n) is 2.55. The number of allylic oxidation sites excluding steroid dienone is 1. The van der Waals surface area contributed by atoms with E-state index < -0.39 is 0 Å². The molecule has 1 aromatic rings. The molecule has 0 spiro atoms. The number of thioether (sulfide) groups is 1. The van der Waals surface area contributed by atoms with Crippen LogP contribution in [0.5, 0.6) is 0 Å². The fourth-order valence-electron chi connectivity index (χ4n) is 1.15. The van der Waals surface area contributed by atoms with Crippen molar-refractivity contribution in [3.63, 3.8) is 0 Å². The van der Waals surface area contributed by atoms with Gasteiger partial charge in [-0.2, -0.15) is 5.26 Å². The molecule has 1 unspecified atom stereocenters. The Kier molecular flexibility index (Phi) is 2.20. The molecule has 0 saturated heterocycles. The summed E-state index contributed by atoms with van der Waals surface area (Å²) in [5, 5.41) is 11.3. The van der Waals surface area contributed by atoms with Crippen molar-refractivity contribution in [2.24, 2.45) is 0 Å². The molecule has 1 nitrogen and oxygen atoms in total. The van der Waals surface area contributed by atoms with Gasteiger partial charge in [0.1, 0.15) is 10.9 Å². The average molecular weight is 193 g/mol. The van der Waals surface area contributed by atoms with Crippen LogP contribution in [0.15, 0.2) is 23.6 Å². The number of hydrogen-bond acceptors (Lipinski definition) is 3. The lowest BCUT2D eigenvalue weighted by molar-refractivity contribution is 1.02. The Morgan fingerprint density at radius 3 is 3.00 bits per heavy atom. The van der Waals surface area contributed by atoms with E-state index in [2.05, 4.69) is 23.6 Å². The van der Waals surface area contributed by atoms with Gasteiger partial charge >= 0.3 is 0 Å². The van der Waals surface area contributed by atoms with Crippen molar-refractivity contribution >= 4 is 23.1 Å². The lowest BCUT2D eigenvalue weighted by atomic mass is 10.2. The maximum Gasteiger partial charge on any atom is 0.110 e. The number of hydrogen-bond donors (Lipinski definition) is 0. The van der Waals surface area contributed by atoms with Crippen molar-refractivity contribution in [3.8, 4) is 6.07 Å². The van der Waals surface area contributed by atoms with E-state index in [4.69, 9.17) is 5.26 Å². The number of rotatable bonds is 1. The molecular formula is C9H7NS2. The first-order valence-electron chi connectivity index (χ1n) is 3.70. The van der Waals surface area contributed by atoms with Gasteiger partial charge in [0.25, 0.3) is 0 Å². The lowest BCUT2D eigenvalue weighted by Gasteiger charge is -2.02. The van der Waals surface area contributed by atoms with E-state index in [-0.39, 0.29) is 0 Å². The molecule has 12 heavy (non-hydrogen) atoms. The number of thiophene rings is 1. The maximum atomic E-state index is 8.63. The standard InChI is InChI=1S/C9H7NS2/c10-6-7-3-4-9(12-7)8-2-1-5-11-8/h1,3-5,8H,2H2. The molecule has 0 aromatic carbocycles. The van der Waals surface area contributed by atoms with Gasteiger partial charge in [0.2, 0.25) is 0 Å². The minimum absolute atomic E-state index is 0.567. The molecule has 0 aliphatic carbocycles. The van der Waals surface area contributed by atoms with Crippen LogP contribution in [0.1, 0.15) is 21.4 Å². The predicted octanol–water partition coefficient (Wildman–Crippen LogP) is 3.31. The van der Waals surface area contributed by atoms with E-state index in [1.807, 2.05) is 17.8 Å². The molecule has 1 aliphatic rings. The first-order chi connectivity index (χ1) is 5.90. The summed E-state index contributed by atoms with van der Waals surface area (Å²) in [5.74, 6) is 0. The minimum atomic E-state index is 0.567. The quantitative estimate of drug-likeness (QED) is 0.683. The van der Waals surface area contributed by atoms with Gasteiger partial charge in [-0.05, 0) is 24.0 Å². The Hall–Kier alpha value is -0.720. The fourth-order valence-corrected chi connectivity index (χ4v) is 3.11. The van der Waals surface area contributed by atoms with Crippen LogP contribution >= 0.6 is 23.1 Å². The van der Waals surface area contributed by atoms with Crippen molar-refractivity contribution in [3.05, 3.63) is 33.4 Å². The highest BCUT2D eigenvalue weighted by Crippen LogP contribution is 2.41. The molecule has 60 valence electrons. The summed E-state index contributed by atoms with van der Waals surface area (Å²) >= 11 is 3.45. The molecule has 1 atom stereocenters. The molecule has 2 heterocycles. The van der Waals surface area contributed by atoms with Gasteiger partial charge in [-0.3, -0.25) is 0 Å². The summed E-state index contributed by atoms with van der Waals surface area (Å²) in [5.41, 5.74) is 0. The third kappa shape index (κ3) is 1.40. The highest BCUT2D eigenvalue weighted by Gasteiger charge is 2.15. The summed E-state index contributed by atoms with van der Waals surface area (Å²) in [4.78, 5) is 2.14.